The van der Waals surface area contributed by atoms with Gasteiger partial charge in [-0.25, -0.2) is 4.79 Å². The van der Waals surface area contributed by atoms with Gasteiger partial charge < -0.3 is 25.6 Å². The predicted molar refractivity (Wildman–Crippen MR) is 68.6 cm³/mol. The topological polar surface area (TPSA) is 122 Å². The Morgan fingerprint density at radius 3 is 2.95 bits per heavy atom. The number of primary amides is 1. The number of aliphatic hydroxyl groups excluding tert-OH is 1. The fourth-order valence-electron chi connectivity index (χ4n) is 2.30. The molecule has 0 aromatic carbocycles. The van der Waals surface area contributed by atoms with Crippen molar-refractivity contribution in [3.8, 4) is 0 Å². The van der Waals surface area contributed by atoms with Crippen molar-refractivity contribution in [2.45, 2.75) is 19.4 Å². The SMILES string of the molecule is Cc1cc(C[C@@H]2CN(C(=O)CNC(N)=O)C[C@@H]2O)on1. The van der Waals surface area contributed by atoms with Crippen molar-refractivity contribution >= 4 is 11.9 Å². The maximum Gasteiger partial charge on any atom is 0.312 e. The number of aliphatic hydroxyl groups is 1. The van der Waals surface area contributed by atoms with Crippen molar-refractivity contribution in [1.29, 1.82) is 0 Å². The van der Waals surface area contributed by atoms with Gasteiger partial charge in [0.15, 0.2) is 0 Å². The number of rotatable bonds is 4. The van der Waals surface area contributed by atoms with E-state index in [4.69, 9.17) is 10.3 Å². The lowest BCUT2D eigenvalue weighted by Gasteiger charge is -2.15. The second-order valence-corrected chi connectivity index (χ2v) is 4.98. The van der Waals surface area contributed by atoms with Crippen LogP contribution < -0.4 is 11.1 Å². The van der Waals surface area contributed by atoms with Gasteiger partial charge in [-0.3, -0.25) is 4.79 Å². The van der Waals surface area contributed by atoms with Gasteiger partial charge in [0.2, 0.25) is 5.91 Å². The molecule has 0 aliphatic carbocycles. The largest absolute Gasteiger partial charge is 0.391 e. The Morgan fingerprint density at radius 1 is 1.60 bits per heavy atom. The van der Waals surface area contributed by atoms with Crippen molar-refractivity contribution in [1.82, 2.24) is 15.4 Å². The van der Waals surface area contributed by atoms with Gasteiger partial charge in [-0.05, 0) is 6.92 Å². The third kappa shape index (κ3) is 3.47. The first-order valence-corrected chi connectivity index (χ1v) is 6.37. The molecule has 2 rings (SSSR count). The summed E-state index contributed by atoms with van der Waals surface area (Å²) in [6.07, 6.45) is -0.0902. The quantitative estimate of drug-likeness (QED) is 0.654. The third-order valence-corrected chi connectivity index (χ3v) is 3.31. The maximum atomic E-state index is 11.8. The van der Waals surface area contributed by atoms with Gasteiger partial charge in [0.1, 0.15) is 5.76 Å². The molecule has 3 amide bonds. The maximum absolute atomic E-state index is 11.8. The number of carbonyl (C=O) groups is 2. The Hall–Kier alpha value is -2.09. The minimum Gasteiger partial charge on any atom is -0.391 e. The molecule has 1 fully saturated rings. The van der Waals surface area contributed by atoms with Crippen LogP contribution in [-0.2, 0) is 11.2 Å². The number of carbonyl (C=O) groups excluding carboxylic acids is 2. The molecule has 2 atom stereocenters. The molecule has 0 bridgehead atoms. The van der Waals surface area contributed by atoms with E-state index in [9.17, 15) is 14.7 Å². The van der Waals surface area contributed by atoms with Gasteiger partial charge in [0.05, 0.1) is 18.3 Å². The molecular formula is C12H18N4O4. The standard InChI is InChI=1S/C12H18N4O4/c1-7-2-9(20-15-7)3-8-5-16(6-10(8)17)11(18)4-14-12(13)19/h2,8,10,17H,3-6H2,1H3,(H3,13,14,19)/t8-,10+/m1/s1. The number of aromatic nitrogens is 1. The van der Waals surface area contributed by atoms with Crippen LogP contribution in [0.1, 0.15) is 11.5 Å². The first-order chi connectivity index (χ1) is 9.45. The Morgan fingerprint density at radius 2 is 2.35 bits per heavy atom. The van der Waals surface area contributed by atoms with Gasteiger partial charge >= 0.3 is 6.03 Å². The highest BCUT2D eigenvalue weighted by molar-refractivity contribution is 5.83. The second-order valence-electron chi connectivity index (χ2n) is 4.98. The number of amides is 3. The van der Waals surface area contributed by atoms with Crippen LogP contribution in [0, 0.1) is 12.8 Å². The summed E-state index contributed by atoms with van der Waals surface area (Å²) >= 11 is 0. The Kier molecular flexibility index (Phi) is 4.23. The van der Waals surface area contributed by atoms with Crippen molar-refractivity contribution in [2.75, 3.05) is 19.6 Å². The van der Waals surface area contributed by atoms with Gasteiger partial charge in [-0.1, -0.05) is 5.16 Å². The van der Waals surface area contributed by atoms with E-state index in [0.717, 1.165) is 5.69 Å². The summed E-state index contributed by atoms with van der Waals surface area (Å²) in [5, 5.41) is 16.0. The smallest absolute Gasteiger partial charge is 0.312 e. The lowest BCUT2D eigenvalue weighted by Crippen LogP contribution is -2.41. The highest BCUT2D eigenvalue weighted by atomic mass is 16.5. The summed E-state index contributed by atoms with van der Waals surface area (Å²) in [5.74, 6) is 0.329. The van der Waals surface area contributed by atoms with E-state index < -0.39 is 12.1 Å². The molecule has 8 heteroatoms. The first-order valence-electron chi connectivity index (χ1n) is 6.37. The van der Waals surface area contributed by atoms with E-state index in [1.54, 1.807) is 0 Å². The molecule has 1 aliphatic heterocycles. The highest BCUT2D eigenvalue weighted by Crippen LogP contribution is 2.21. The van der Waals surface area contributed by atoms with E-state index in [1.165, 1.54) is 4.90 Å². The van der Waals surface area contributed by atoms with Crippen LogP contribution in [0.2, 0.25) is 0 Å². The minimum absolute atomic E-state index is 0.0973. The van der Waals surface area contributed by atoms with Crippen molar-refractivity contribution in [2.24, 2.45) is 11.7 Å². The average molecular weight is 282 g/mol. The summed E-state index contributed by atoms with van der Waals surface area (Å²) in [6, 6.07) is 1.07. The Balaban J connectivity index is 1.88. The Labute approximate surface area is 115 Å². The lowest BCUT2D eigenvalue weighted by atomic mass is 10.0. The van der Waals surface area contributed by atoms with E-state index in [2.05, 4.69) is 10.5 Å². The zero-order valence-corrected chi connectivity index (χ0v) is 11.2. The van der Waals surface area contributed by atoms with Crippen LogP contribution in [0.15, 0.2) is 10.6 Å². The van der Waals surface area contributed by atoms with Crippen molar-refractivity contribution < 1.29 is 19.2 Å². The first kappa shape index (κ1) is 14.3. The molecule has 1 aliphatic rings. The van der Waals surface area contributed by atoms with E-state index in [-0.39, 0.29) is 24.9 Å². The highest BCUT2D eigenvalue weighted by Gasteiger charge is 2.34. The molecule has 0 saturated carbocycles. The summed E-state index contributed by atoms with van der Waals surface area (Å²) in [5.41, 5.74) is 5.69. The van der Waals surface area contributed by atoms with Crippen LogP contribution in [0.5, 0.6) is 0 Å². The number of urea groups is 1. The van der Waals surface area contributed by atoms with E-state index in [0.29, 0.717) is 18.7 Å². The fourth-order valence-corrected chi connectivity index (χ4v) is 2.30. The molecule has 110 valence electrons. The number of nitrogens with two attached hydrogens (primary N) is 1. The molecule has 20 heavy (non-hydrogen) atoms. The predicted octanol–water partition coefficient (Wildman–Crippen LogP) is -0.987. The molecule has 1 aromatic heterocycles. The minimum atomic E-state index is -0.744. The zero-order valence-electron chi connectivity index (χ0n) is 11.2. The number of nitrogens with one attached hydrogen (secondary N) is 1. The summed E-state index contributed by atoms with van der Waals surface area (Å²) < 4.78 is 5.11. The van der Waals surface area contributed by atoms with Crippen LogP contribution in [0.25, 0.3) is 0 Å². The molecule has 2 heterocycles. The molecule has 8 nitrogen and oxygen atoms in total. The molecular weight excluding hydrogens is 264 g/mol. The number of likely N-dealkylation sites (tertiary alicyclic amines) is 1. The van der Waals surface area contributed by atoms with Gasteiger partial charge in [-0.2, -0.15) is 0 Å². The Bertz CT molecular complexity index is 501. The fraction of sp³-hybridized carbons (Fsp3) is 0.583. The van der Waals surface area contributed by atoms with Gasteiger partial charge in [-0.15, -0.1) is 0 Å². The van der Waals surface area contributed by atoms with Crippen LogP contribution in [-0.4, -0.2) is 52.8 Å². The summed E-state index contributed by atoms with van der Waals surface area (Å²) in [7, 11) is 0. The molecule has 0 unspecified atom stereocenters. The summed E-state index contributed by atoms with van der Waals surface area (Å²) in [6.45, 7) is 2.33. The lowest BCUT2D eigenvalue weighted by molar-refractivity contribution is -0.129. The number of β-amino-alcohol motifs (C(OH)–C–C–N with tert-alkyl or cyclic N) is 1. The van der Waals surface area contributed by atoms with Gasteiger partial charge in [0, 0.05) is 31.5 Å². The van der Waals surface area contributed by atoms with E-state index >= 15 is 0 Å². The van der Waals surface area contributed by atoms with Crippen molar-refractivity contribution in [3.63, 3.8) is 0 Å². The van der Waals surface area contributed by atoms with Crippen LogP contribution in [0.4, 0.5) is 4.79 Å². The normalized spacial score (nSPS) is 22.0. The molecule has 0 spiro atoms. The van der Waals surface area contributed by atoms with Crippen LogP contribution in [0.3, 0.4) is 0 Å². The monoisotopic (exact) mass is 282 g/mol. The zero-order chi connectivity index (χ0) is 14.7. The number of nitrogens with zero attached hydrogens (tertiary/aromatic N) is 2. The number of hydrogen-bond donors (Lipinski definition) is 3. The average Bonchev–Trinajstić information content (AvgIpc) is 2.94. The number of hydrogen-bond acceptors (Lipinski definition) is 5. The van der Waals surface area contributed by atoms with Crippen molar-refractivity contribution in [3.05, 3.63) is 17.5 Å². The summed E-state index contributed by atoms with van der Waals surface area (Å²) in [4.78, 5) is 23.9. The second kappa shape index (κ2) is 5.91. The van der Waals surface area contributed by atoms with E-state index in [1.807, 2.05) is 13.0 Å². The van der Waals surface area contributed by atoms with Gasteiger partial charge in [0.25, 0.3) is 0 Å². The molecule has 4 N–H and O–H groups in total. The number of aryl methyl sites for hydroxylation is 1. The molecule has 1 aromatic rings. The third-order valence-electron chi connectivity index (χ3n) is 3.31. The van der Waals surface area contributed by atoms with Crippen LogP contribution >= 0.6 is 0 Å². The molecule has 0 radical (unpaired) electrons. The molecule has 1 saturated heterocycles.